The zero-order valence-electron chi connectivity index (χ0n) is 14.2. The van der Waals surface area contributed by atoms with Crippen LogP contribution in [0.3, 0.4) is 0 Å². The van der Waals surface area contributed by atoms with Crippen LogP contribution in [0.15, 0.2) is 36.5 Å². The van der Waals surface area contributed by atoms with Crippen LogP contribution in [0.1, 0.15) is 6.92 Å². The Morgan fingerprint density at radius 3 is 3.00 bits per heavy atom. The van der Waals surface area contributed by atoms with Gasteiger partial charge in [0.05, 0.1) is 30.0 Å². The minimum Gasteiger partial charge on any atom is -0.435 e. The van der Waals surface area contributed by atoms with Crippen LogP contribution in [0.5, 0.6) is 11.6 Å². The molecule has 2 aromatic rings. The maximum absolute atomic E-state index is 12.4. The van der Waals surface area contributed by atoms with Crippen molar-refractivity contribution in [3.8, 4) is 11.6 Å². The first-order chi connectivity index (χ1) is 12.5. The molecule has 0 spiro atoms. The molecule has 26 heavy (non-hydrogen) atoms. The van der Waals surface area contributed by atoms with Gasteiger partial charge < -0.3 is 19.7 Å². The van der Waals surface area contributed by atoms with Gasteiger partial charge in [-0.1, -0.05) is 35.3 Å². The number of hydrogen-bond donors (Lipinski definition) is 1. The molecule has 138 valence electrons. The van der Waals surface area contributed by atoms with E-state index in [9.17, 15) is 4.79 Å². The normalized spacial score (nSPS) is 17.0. The maximum atomic E-state index is 12.4. The molecule has 1 fully saturated rings. The van der Waals surface area contributed by atoms with Gasteiger partial charge in [0.15, 0.2) is 5.75 Å². The van der Waals surface area contributed by atoms with Gasteiger partial charge in [0.2, 0.25) is 11.8 Å². The highest BCUT2D eigenvalue weighted by atomic mass is 35.5. The standard InChI is InChI=1S/C18H19Cl2N3O3/c1-12-11-23(6-7-25-12)17(24)10-21-15-4-2-3-5-16(15)26-18-14(20)8-13(19)9-22-18/h2-5,8-9,12,21H,6-7,10-11H2,1H3/t12-/m0/s1. The topological polar surface area (TPSA) is 63.7 Å². The van der Waals surface area contributed by atoms with Crippen molar-refractivity contribution in [1.82, 2.24) is 9.88 Å². The summed E-state index contributed by atoms with van der Waals surface area (Å²) in [5.41, 5.74) is 0.676. The Morgan fingerprint density at radius 1 is 1.42 bits per heavy atom. The molecule has 1 aromatic carbocycles. The average Bonchev–Trinajstić information content (AvgIpc) is 2.63. The average molecular weight is 396 g/mol. The number of nitrogens with zero attached hydrogens (tertiary/aromatic N) is 2. The highest BCUT2D eigenvalue weighted by Crippen LogP contribution is 2.33. The summed E-state index contributed by atoms with van der Waals surface area (Å²) in [6.07, 6.45) is 1.52. The molecular weight excluding hydrogens is 377 g/mol. The van der Waals surface area contributed by atoms with Gasteiger partial charge in [0.1, 0.15) is 5.02 Å². The summed E-state index contributed by atoms with van der Waals surface area (Å²) in [5.74, 6) is 0.781. The SMILES string of the molecule is C[C@H]1CN(C(=O)CNc2ccccc2Oc2ncc(Cl)cc2Cl)CCO1. The monoisotopic (exact) mass is 395 g/mol. The van der Waals surface area contributed by atoms with Gasteiger partial charge in [-0.3, -0.25) is 4.79 Å². The zero-order chi connectivity index (χ0) is 18.5. The second-order valence-electron chi connectivity index (χ2n) is 5.91. The third-order valence-corrected chi connectivity index (χ3v) is 4.37. The molecule has 1 amide bonds. The van der Waals surface area contributed by atoms with Gasteiger partial charge in [-0.25, -0.2) is 4.98 Å². The molecule has 1 aliphatic rings. The van der Waals surface area contributed by atoms with Gasteiger partial charge in [0.25, 0.3) is 0 Å². The summed E-state index contributed by atoms with van der Waals surface area (Å²) in [5, 5.41) is 3.86. The van der Waals surface area contributed by atoms with Crippen molar-refractivity contribution in [3.05, 3.63) is 46.6 Å². The second kappa shape index (κ2) is 8.58. The van der Waals surface area contributed by atoms with E-state index in [1.807, 2.05) is 25.1 Å². The second-order valence-corrected chi connectivity index (χ2v) is 6.76. The number of rotatable bonds is 5. The van der Waals surface area contributed by atoms with E-state index in [-0.39, 0.29) is 24.4 Å². The Hall–Kier alpha value is -2.02. The Morgan fingerprint density at radius 2 is 2.23 bits per heavy atom. The summed E-state index contributed by atoms with van der Waals surface area (Å²) in [7, 11) is 0. The van der Waals surface area contributed by atoms with Gasteiger partial charge in [-0.05, 0) is 25.1 Å². The summed E-state index contributed by atoms with van der Waals surface area (Å²) < 4.78 is 11.2. The molecular formula is C18H19Cl2N3O3. The van der Waals surface area contributed by atoms with Crippen LogP contribution in [-0.2, 0) is 9.53 Å². The van der Waals surface area contributed by atoms with Gasteiger partial charge in [0, 0.05) is 19.3 Å². The molecule has 3 rings (SSSR count). The van der Waals surface area contributed by atoms with E-state index in [1.54, 1.807) is 17.0 Å². The largest absolute Gasteiger partial charge is 0.435 e. The van der Waals surface area contributed by atoms with Crippen molar-refractivity contribution in [3.63, 3.8) is 0 Å². The molecule has 1 saturated heterocycles. The number of carbonyl (C=O) groups excluding carboxylic acids is 1. The summed E-state index contributed by atoms with van der Waals surface area (Å²) >= 11 is 12.0. The minimum atomic E-state index is 0.0117. The zero-order valence-corrected chi connectivity index (χ0v) is 15.8. The number of amides is 1. The molecule has 1 atom stereocenters. The van der Waals surface area contributed by atoms with E-state index >= 15 is 0 Å². The molecule has 0 aliphatic carbocycles. The fourth-order valence-corrected chi connectivity index (χ4v) is 3.03. The predicted octanol–water partition coefficient (Wildman–Crippen LogP) is 3.84. The lowest BCUT2D eigenvalue weighted by atomic mass is 10.2. The van der Waals surface area contributed by atoms with Crippen molar-refractivity contribution >= 4 is 34.8 Å². The predicted molar refractivity (Wildman–Crippen MR) is 101 cm³/mol. The number of ether oxygens (including phenoxy) is 2. The molecule has 1 aliphatic heterocycles. The van der Waals surface area contributed by atoms with Crippen LogP contribution in [0.4, 0.5) is 5.69 Å². The van der Waals surface area contributed by atoms with Crippen molar-refractivity contribution < 1.29 is 14.3 Å². The Labute approximate surface area is 162 Å². The van der Waals surface area contributed by atoms with Crippen LogP contribution < -0.4 is 10.1 Å². The smallest absolute Gasteiger partial charge is 0.242 e. The summed E-state index contributed by atoms with van der Waals surface area (Å²) in [4.78, 5) is 18.3. The molecule has 6 nitrogen and oxygen atoms in total. The van der Waals surface area contributed by atoms with Crippen molar-refractivity contribution in [2.45, 2.75) is 13.0 Å². The van der Waals surface area contributed by atoms with E-state index in [0.717, 1.165) is 0 Å². The molecule has 2 heterocycles. The Balaban J connectivity index is 1.66. The number of benzene rings is 1. The molecule has 0 bridgehead atoms. The number of hydrogen-bond acceptors (Lipinski definition) is 5. The lowest BCUT2D eigenvalue weighted by molar-refractivity contribution is -0.136. The number of para-hydroxylation sites is 2. The molecule has 8 heteroatoms. The molecule has 0 unspecified atom stereocenters. The quantitative estimate of drug-likeness (QED) is 0.832. The lowest BCUT2D eigenvalue weighted by Gasteiger charge is -2.31. The van der Waals surface area contributed by atoms with Crippen molar-refractivity contribution in [2.24, 2.45) is 0 Å². The maximum Gasteiger partial charge on any atom is 0.242 e. The number of aromatic nitrogens is 1. The van der Waals surface area contributed by atoms with Gasteiger partial charge >= 0.3 is 0 Å². The molecule has 1 N–H and O–H groups in total. The molecule has 0 radical (unpaired) electrons. The lowest BCUT2D eigenvalue weighted by Crippen LogP contribution is -2.46. The summed E-state index contributed by atoms with van der Waals surface area (Å²) in [6, 6.07) is 8.85. The van der Waals surface area contributed by atoms with E-state index in [0.29, 0.717) is 41.2 Å². The first kappa shape index (κ1) is 18.8. The first-order valence-corrected chi connectivity index (χ1v) is 8.99. The van der Waals surface area contributed by atoms with Crippen molar-refractivity contribution in [1.29, 1.82) is 0 Å². The first-order valence-electron chi connectivity index (χ1n) is 8.24. The third-order valence-electron chi connectivity index (χ3n) is 3.89. The van der Waals surface area contributed by atoms with Crippen LogP contribution >= 0.6 is 23.2 Å². The number of anilines is 1. The number of carbonyl (C=O) groups is 1. The third kappa shape index (κ3) is 4.78. The molecule has 0 saturated carbocycles. The Bertz CT molecular complexity index is 788. The highest BCUT2D eigenvalue weighted by molar-refractivity contribution is 6.35. The van der Waals surface area contributed by atoms with Gasteiger partial charge in [-0.15, -0.1) is 0 Å². The highest BCUT2D eigenvalue weighted by Gasteiger charge is 2.21. The van der Waals surface area contributed by atoms with E-state index in [4.69, 9.17) is 32.7 Å². The van der Waals surface area contributed by atoms with Crippen molar-refractivity contribution in [2.75, 3.05) is 31.6 Å². The summed E-state index contributed by atoms with van der Waals surface area (Å²) in [6.45, 7) is 3.89. The fourth-order valence-electron chi connectivity index (χ4n) is 2.61. The van der Waals surface area contributed by atoms with Crippen LogP contribution in [0.2, 0.25) is 10.0 Å². The van der Waals surface area contributed by atoms with Gasteiger partial charge in [-0.2, -0.15) is 0 Å². The minimum absolute atomic E-state index is 0.0117. The Kier molecular flexibility index (Phi) is 6.19. The van der Waals surface area contributed by atoms with E-state index in [1.165, 1.54) is 6.20 Å². The fraction of sp³-hybridized carbons (Fsp3) is 0.333. The number of halogens is 2. The van der Waals surface area contributed by atoms with E-state index < -0.39 is 0 Å². The van der Waals surface area contributed by atoms with E-state index in [2.05, 4.69) is 10.3 Å². The molecule has 1 aromatic heterocycles. The van der Waals surface area contributed by atoms with Crippen LogP contribution in [0.25, 0.3) is 0 Å². The van der Waals surface area contributed by atoms with Crippen LogP contribution in [-0.4, -0.2) is 48.1 Å². The van der Waals surface area contributed by atoms with Crippen LogP contribution in [0, 0.1) is 0 Å². The number of pyridine rings is 1. The number of morpholine rings is 1. The number of nitrogens with one attached hydrogen (secondary N) is 1.